The molecule has 0 amide bonds. The van der Waals surface area contributed by atoms with Crippen LogP contribution in [0.1, 0.15) is 19.3 Å². The van der Waals surface area contributed by atoms with Crippen LogP contribution in [-0.2, 0) is 4.74 Å². The summed E-state index contributed by atoms with van der Waals surface area (Å²) in [6, 6.07) is 0.431. The summed E-state index contributed by atoms with van der Waals surface area (Å²) in [5, 5.41) is 3.40. The summed E-state index contributed by atoms with van der Waals surface area (Å²) in [6.45, 7) is 3.21. The molecule has 0 spiro atoms. The third-order valence-electron chi connectivity index (χ3n) is 1.94. The quantitative estimate of drug-likeness (QED) is 0.435. The number of rotatable bonds is 9. The van der Waals surface area contributed by atoms with Crippen LogP contribution in [0, 0.1) is 0 Å². The third-order valence-corrected chi connectivity index (χ3v) is 1.94. The molecule has 80 valence electrons. The number of nitrogens with one attached hydrogen (secondary N) is 1. The van der Waals surface area contributed by atoms with Crippen molar-refractivity contribution in [1.29, 1.82) is 0 Å². The lowest BCUT2D eigenvalue weighted by atomic mass is 10.1. The lowest BCUT2D eigenvalue weighted by molar-refractivity contribution is 0.162. The molecule has 0 rings (SSSR count). The van der Waals surface area contributed by atoms with Crippen molar-refractivity contribution in [2.75, 3.05) is 33.4 Å². The molecule has 0 aliphatic carbocycles. The Labute approximate surface area is 81.0 Å². The van der Waals surface area contributed by atoms with Gasteiger partial charge in [0.25, 0.3) is 0 Å². The van der Waals surface area contributed by atoms with Gasteiger partial charge in [-0.25, -0.2) is 0 Å². The highest BCUT2D eigenvalue weighted by Gasteiger charge is 2.05. The molecule has 4 nitrogen and oxygen atoms in total. The van der Waals surface area contributed by atoms with Crippen molar-refractivity contribution in [3.63, 3.8) is 0 Å². The van der Waals surface area contributed by atoms with E-state index in [9.17, 15) is 0 Å². The summed E-state index contributed by atoms with van der Waals surface area (Å²) in [4.78, 5) is 0. The Hall–Kier alpha value is -0.160. The maximum atomic E-state index is 5.44. The van der Waals surface area contributed by atoms with Crippen LogP contribution in [-0.4, -0.2) is 39.4 Å². The second-order valence-corrected chi connectivity index (χ2v) is 3.18. The van der Waals surface area contributed by atoms with E-state index in [0.29, 0.717) is 6.04 Å². The van der Waals surface area contributed by atoms with E-state index in [0.717, 1.165) is 45.5 Å². The fraction of sp³-hybridized carbons (Fsp3) is 1.00. The summed E-state index contributed by atoms with van der Waals surface area (Å²) >= 11 is 0. The number of hydrogen-bond donors (Lipinski definition) is 3. The normalized spacial score (nSPS) is 13.2. The zero-order valence-corrected chi connectivity index (χ0v) is 8.59. The van der Waals surface area contributed by atoms with Gasteiger partial charge in [0, 0.05) is 13.2 Å². The van der Waals surface area contributed by atoms with Crippen LogP contribution in [0.15, 0.2) is 0 Å². The largest absolute Gasteiger partial charge is 0.383 e. The minimum Gasteiger partial charge on any atom is -0.383 e. The first-order valence-electron chi connectivity index (χ1n) is 4.97. The van der Waals surface area contributed by atoms with E-state index in [4.69, 9.17) is 16.2 Å². The van der Waals surface area contributed by atoms with Gasteiger partial charge < -0.3 is 21.5 Å². The van der Waals surface area contributed by atoms with E-state index in [1.165, 1.54) is 0 Å². The smallest absolute Gasteiger partial charge is 0.0615 e. The lowest BCUT2D eigenvalue weighted by Crippen LogP contribution is -2.35. The van der Waals surface area contributed by atoms with Gasteiger partial charge in [0.05, 0.1) is 6.61 Å². The van der Waals surface area contributed by atoms with Crippen molar-refractivity contribution in [2.45, 2.75) is 25.3 Å². The summed E-state index contributed by atoms with van der Waals surface area (Å²) in [5.41, 5.74) is 10.8. The maximum Gasteiger partial charge on any atom is 0.0615 e. The molecule has 1 unspecified atom stereocenters. The SMILES string of the molecule is COCC(CCCN)NCCCN. The van der Waals surface area contributed by atoms with Gasteiger partial charge in [-0.15, -0.1) is 0 Å². The first kappa shape index (κ1) is 12.8. The van der Waals surface area contributed by atoms with E-state index >= 15 is 0 Å². The van der Waals surface area contributed by atoms with Gasteiger partial charge >= 0.3 is 0 Å². The molecule has 0 bridgehead atoms. The fourth-order valence-corrected chi connectivity index (χ4v) is 1.22. The minimum atomic E-state index is 0.431. The number of hydrogen-bond acceptors (Lipinski definition) is 4. The molecule has 0 radical (unpaired) electrons. The fourth-order valence-electron chi connectivity index (χ4n) is 1.22. The molecule has 5 N–H and O–H groups in total. The molecule has 1 atom stereocenters. The molecule has 0 saturated heterocycles. The molecule has 0 saturated carbocycles. The summed E-state index contributed by atoms with van der Waals surface area (Å²) in [7, 11) is 1.72. The van der Waals surface area contributed by atoms with Crippen LogP contribution in [0.3, 0.4) is 0 Å². The molecule has 0 fully saturated rings. The molecule has 0 aromatic carbocycles. The molecule has 0 aliphatic heterocycles. The van der Waals surface area contributed by atoms with Crippen LogP contribution in [0.25, 0.3) is 0 Å². The van der Waals surface area contributed by atoms with Crippen LogP contribution in [0.2, 0.25) is 0 Å². The van der Waals surface area contributed by atoms with Crippen molar-refractivity contribution < 1.29 is 4.74 Å². The summed E-state index contributed by atoms with van der Waals surface area (Å²) in [6.07, 6.45) is 3.14. The van der Waals surface area contributed by atoms with Crippen LogP contribution >= 0.6 is 0 Å². The van der Waals surface area contributed by atoms with Crippen molar-refractivity contribution in [1.82, 2.24) is 5.32 Å². The van der Waals surface area contributed by atoms with Crippen LogP contribution in [0.5, 0.6) is 0 Å². The highest BCUT2D eigenvalue weighted by atomic mass is 16.5. The topological polar surface area (TPSA) is 73.3 Å². The zero-order chi connectivity index (χ0) is 9.94. The van der Waals surface area contributed by atoms with Crippen molar-refractivity contribution in [2.24, 2.45) is 11.5 Å². The molecule has 0 aliphatic rings. The predicted octanol–water partition coefficient (Wildman–Crippen LogP) is -0.321. The van der Waals surface area contributed by atoms with Gasteiger partial charge in [0.15, 0.2) is 0 Å². The molecular formula is C9H23N3O. The Balaban J connectivity index is 3.41. The molecule has 13 heavy (non-hydrogen) atoms. The Morgan fingerprint density at radius 2 is 1.92 bits per heavy atom. The molecular weight excluding hydrogens is 166 g/mol. The van der Waals surface area contributed by atoms with Gasteiger partial charge in [-0.05, 0) is 38.9 Å². The average Bonchev–Trinajstić information content (AvgIpc) is 2.14. The zero-order valence-electron chi connectivity index (χ0n) is 8.59. The van der Waals surface area contributed by atoms with Gasteiger partial charge in [-0.1, -0.05) is 0 Å². The Morgan fingerprint density at radius 1 is 1.23 bits per heavy atom. The second kappa shape index (κ2) is 9.92. The highest BCUT2D eigenvalue weighted by Crippen LogP contribution is 1.96. The van der Waals surface area contributed by atoms with Gasteiger partial charge in [0.2, 0.25) is 0 Å². The number of nitrogens with two attached hydrogens (primary N) is 2. The van der Waals surface area contributed by atoms with Gasteiger partial charge in [0.1, 0.15) is 0 Å². The van der Waals surface area contributed by atoms with Crippen molar-refractivity contribution in [3.05, 3.63) is 0 Å². The number of methoxy groups -OCH3 is 1. The van der Waals surface area contributed by atoms with E-state index in [1.807, 2.05) is 0 Å². The number of ether oxygens (including phenoxy) is 1. The van der Waals surface area contributed by atoms with Crippen LogP contribution < -0.4 is 16.8 Å². The molecule has 0 aromatic rings. The van der Waals surface area contributed by atoms with Crippen LogP contribution in [0.4, 0.5) is 0 Å². The second-order valence-electron chi connectivity index (χ2n) is 3.18. The van der Waals surface area contributed by atoms with E-state index in [-0.39, 0.29) is 0 Å². The maximum absolute atomic E-state index is 5.44. The standard InChI is InChI=1S/C9H23N3O/c1-13-8-9(4-2-5-10)12-7-3-6-11/h9,12H,2-8,10-11H2,1H3. The van der Waals surface area contributed by atoms with Crippen molar-refractivity contribution in [3.8, 4) is 0 Å². The van der Waals surface area contributed by atoms with E-state index in [1.54, 1.807) is 7.11 Å². The minimum absolute atomic E-state index is 0.431. The van der Waals surface area contributed by atoms with Gasteiger partial charge in [-0.3, -0.25) is 0 Å². The summed E-state index contributed by atoms with van der Waals surface area (Å²) < 4.78 is 5.10. The first-order chi connectivity index (χ1) is 6.35. The Bertz CT molecular complexity index is 101. The lowest BCUT2D eigenvalue weighted by Gasteiger charge is -2.17. The molecule has 0 aromatic heterocycles. The van der Waals surface area contributed by atoms with E-state index in [2.05, 4.69) is 5.32 Å². The summed E-state index contributed by atoms with van der Waals surface area (Å²) in [5.74, 6) is 0. The first-order valence-corrected chi connectivity index (χ1v) is 4.97. The van der Waals surface area contributed by atoms with Gasteiger partial charge in [-0.2, -0.15) is 0 Å². The Morgan fingerprint density at radius 3 is 2.46 bits per heavy atom. The third kappa shape index (κ3) is 8.18. The molecule has 4 heteroatoms. The Kier molecular flexibility index (Phi) is 9.80. The highest BCUT2D eigenvalue weighted by molar-refractivity contribution is 4.66. The van der Waals surface area contributed by atoms with Crippen molar-refractivity contribution >= 4 is 0 Å². The van der Waals surface area contributed by atoms with E-state index < -0.39 is 0 Å². The average molecular weight is 189 g/mol. The molecule has 0 heterocycles. The predicted molar refractivity (Wildman–Crippen MR) is 55.6 cm³/mol. The monoisotopic (exact) mass is 189 g/mol.